The van der Waals surface area contributed by atoms with Gasteiger partial charge in [0.2, 0.25) is 11.8 Å². The van der Waals surface area contributed by atoms with Crippen molar-refractivity contribution in [2.45, 2.75) is 70.8 Å². The Kier molecular flexibility index (Phi) is 13.3. The van der Waals surface area contributed by atoms with E-state index < -0.39 is 5.41 Å². The minimum absolute atomic E-state index is 0.0702. The Balaban J connectivity index is 2.25. The second kappa shape index (κ2) is 14.8. The van der Waals surface area contributed by atoms with Crippen molar-refractivity contribution in [2.24, 2.45) is 5.41 Å². The van der Waals surface area contributed by atoms with E-state index in [1.54, 1.807) is 0 Å². The summed E-state index contributed by atoms with van der Waals surface area (Å²) in [6.07, 6.45) is 8.67. The molecule has 1 aliphatic carbocycles. The summed E-state index contributed by atoms with van der Waals surface area (Å²) in [4.78, 5) is 32.4. The standard InChI is InChI=1S/C24H49N5O2/c1-21(13-8-11-17-27(2)3)26-23(31)24(14-12-15-24)22(30)25-16-9-7-10-18-29(6)20-19-28(4)5/h21H,7-20H2,1-6H3,(H,25,30)(H,26,31)/t21-/m1/s1. The lowest BCUT2D eigenvalue weighted by atomic mass is 9.67. The van der Waals surface area contributed by atoms with Gasteiger partial charge in [0, 0.05) is 25.7 Å². The van der Waals surface area contributed by atoms with E-state index in [1.165, 1.54) is 0 Å². The summed E-state index contributed by atoms with van der Waals surface area (Å²) in [6.45, 7) is 7.02. The van der Waals surface area contributed by atoms with Crippen LogP contribution in [0.5, 0.6) is 0 Å². The van der Waals surface area contributed by atoms with E-state index in [2.05, 4.69) is 60.6 Å². The summed E-state index contributed by atoms with van der Waals surface area (Å²) in [5.74, 6) is -0.141. The van der Waals surface area contributed by atoms with Crippen LogP contribution in [0.3, 0.4) is 0 Å². The van der Waals surface area contributed by atoms with Gasteiger partial charge in [0.25, 0.3) is 0 Å². The molecule has 7 heteroatoms. The highest BCUT2D eigenvalue weighted by Crippen LogP contribution is 2.41. The van der Waals surface area contributed by atoms with E-state index in [-0.39, 0.29) is 17.9 Å². The topological polar surface area (TPSA) is 67.9 Å². The van der Waals surface area contributed by atoms with E-state index in [0.717, 1.165) is 71.1 Å². The maximum Gasteiger partial charge on any atom is 0.235 e. The lowest BCUT2D eigenvalue weighted by Gasteiger charge is -2.39. The first-order valence-corrected chi connectivity index (χ1v) is 12.2. The van der Waals surface area contributed by atoms with Gasteiger partial charge in [-0.05, 0) is 93.8 Å². The van der Waals surface area contributed by atoms with Gasteiger partial charge in [0.15, 0.2) is 0 Å². The van der Waals surface area contributed by atoms with E-state index in [0.29, 0.717) is 19.4 Å². The van der Waals surface area contributed by atoms with Gasteiger partial charge in [-0.25, -0.2) is 0 Å². The lowest BCUT2D eigenvalue weighted by Crippen LogP contribution is -2.56. The van der Waals surface area contributed by atoms with Crippen molar-refractivity contribution in [2.75, 3.05) is 68.0 Å². The quantitative estimate of drug-likeness (QED) is 0.269. The van der Waals surface area contributed by atoms with Gasteiger partial charge in [-0.3, -0.25) is 9.59 Å². The van der Waals surface area contributed by atoms with Crippen molar-refractivity contribution in [1.29, 1.82) is 0 Å². The van der Waals surface area contributed by atoms with Crippen LogP contribution in [-0.2, 0) is 9.59 Å². The second-order valence-electron chi connectivity index (χ2n) is 10.0. The summed E-state index contributed by atoms with van der Waals surface area (Å²) in [6, 6.07) is 0.115. The third-order valence-corrected chi connectivity index (χ3v) is 6.38. The van der Waals surface area contributed by atoms with Crippen LogP contribution in [0.2, 0.25) is 0 Å². The normalized spacial score (nSPS) is 16.4. The van der Waals surface area contributed by atoms with Crippen molar-refractivity contribution in [3.63, 3.8) is 0 Å². The second-order valence-corrected chi connectivity index (χ2v) is 10.0. The smallest absolute Gasteiger partial charge is 0.235 e. The van der Waals surface area contributed by atoms with Gasteiger partial charge in [-0.15, -0.1) is 0 Å². The van der Waals surface area contributed by atoms with Crippen molar-refractivity contribution in [3.05, 3.63) is 0 Å². The Morgan fingerprint density at radius 2 is 1.45 bits per heavy atom. The highest BCUT2D eigenvalue weighted by atomic mass is 16.2. The molecule has 1 rings (SSSR count). The van der Waals surface area contributed by atoms with Crippen LogP contribution in [0.15, 0.2) is 0 Å². The Morgan fingerprint density at radius 3 is 2.03 bits per heavy atom. The van der Waals surface area contributed by atoms with Gasteiger partial charge in [0.05, 0.1) is 0 Å². The van der Waals surface area contributed by atoms with E-state index >= 15 is 0 Å². The first-order valence-electron chi connectivity index (χ1n) is 12.2. The Bertz CT molecular complexity index is 520. The first kappa shape index (κ1) is 27.9. The molecule has 0 radical (unpaired) electrons. The average molecular weight is 440 g/mol. The molecule has 1 aliphatic rings. The van der Waals surface area contributed by atoms with Crippen LogP contribution in [0.4, 0.5) is 0 Å². The molecule has 1 fully saturated rings. The molecule has 0 unspecified atom stereocenters. The summed E-state index contributed by atoms with van der Waals surface area (Å²) in [5, 5.41) is 6.16. The maximum atomic E-state index is 12.9. The number of hydrogen-bond acceptors (Lipinski definition) is 5. The summed E-state index contributed by atoms with van der Waals surface area (Å²) in [7, 11) is 10.5. The molecular formula is C24H49N5O2. The van der Waals surface area contributed by atoms with Gasteiger partial charge in [0.1, 0.15) is 5.41 Å². The maximum absolute atomic E-state index is 12.9. The lowest BCUT2D eigenvalue weighted by molar-refractivity contribution is -0.150. The molecule has 2 N–H and O–H groups in total. The number of carbonyl (C=O) groups is 2. The van der Waals surface area contributed by atoms with Gasteiger partial charge < -0.3 is 25.3 Å². The molecule has 0 aromatic heterocycles. The van der Waals surface area contributed by atoms with Crippen molar-refractivity contribution < 1.29 is 9.59 Å². The molecule has 0 saturated heterocycles. The predicted molar refractivity (Wildman–Crippen MR) is 129 cm³/mol. The molecule has 31 heavy (non-hydrogen) atoms. The highest BCUT2D eigenvalue weighted by Gasteiger charge is 2.50. The molecule has 2 amide bonds. The number of nitrogens with zero attached hydrogens (tertiary/aromatic N) is 3. The summed E-state index contributed by atoms with van der Waals surface area (Å²) < 4.78 is 0. The first-order chi connectivity index (χ1) is 14.7. The molecule has 7 nitrogen and oxygen atoms in total. The predicted octanol–water partition coefficient (Wildman–Crippen LogP) is 2.17. The number of likely N-dealkylation sites (N-methyl/N-ethyl adjacent to an activating group) is 2. The SMILES string of the molecule is C[C@H](CCCCN(C)C)NC(=O)C1(C(=O)NCCCCCN(C)CCN(C)C)CCC1. The Hall–Kier alpha value is -1.18. The minimum atomic E-state index is -0.829. The molecule has 0 aliphatic heterocycles. The fraction of sp³-hybridized carbons (Fsp3) is 0.917. The van der Waals surface area contributed by atoms with Crippen LogP contribution < -0.4 is 10.6 Å². The average Bonchev–Trinajstić information content (AvgIpc) is 2.65. The van der Waals surface area contributed by atoms with Crippen molar-refractivity contribution in [1.82, 2.24) is 25.3 Å². The molecular weight excluding hydrogens is 390 g/mol. The van der Waals surface area contributed by atoms with Crippen LogP contribution in [0.25, 0.3) is 0 Å². The minimum Gasteiger partial charge on any atom is -0.355 e. The summed E-state index contributed by atoms with van der Waals surface area (Å²) >= 11 is 0. The fourth-order valence-corrected chi connectivity index (χ4v) is 3.94. The van der Waals surface area contributed by atoms with Gasteiger partial charge >= 0.3 is 0 Å². The molecule has 0 heterocycles. The summed E-state index contributed by atoms with van der Waals surface area (Å²) in [5.41, 5.74) is -0.829. The monoisotopic (exact) mass is 439 g/mol. The molecule has 0 aromatic rings. The molecule has 1 atom stereocenters. The van der Waals surface area contributed by atoms with E-state index in [1.807, 2.05) is 6.92 Å². The van der Waals surface area contributed by atoms with Gasteiger partial charge in [-0.2, -0.15) is 0 Å². The van der Waals surface area contributed by atoms with Crippen LogP contribution in [0.1, 0.15) is 64.7 Å². The van der Waals surface area contributed by atoms with Crippen molar-refractivity contribution in [3.8, 4) is 0 Å². The number of nitrogens with one attached hydrogen (secondary N) is 2. The molecule has 1 saturated carbocycles. The number of unbranched alkanes of at least 4 members (excludes halogenated alkanes) is 3. The third kappa shape index (κ3) is 10.8. The third-order valence-electron chi connectivity index (χ3n) is 6.38. The number of hydrogen-bond donors (Lipinski definition) is 2. The Morgan fingerprint density at radius 1 is 0.806 bits per heavy atom. The van der Waals surface area contributed by atoms with Crippen molar-refractivity contribution >= 4 is 11.8 Å². The van der Waals surface area contributed by atoms with E-state index in [4.69, 9.17) is 0 Å². The van der Waals surface area contributed by atoms with Crippen LogP contribution in [0, 0.1) is 5.41 Å². The molecule has 0 spiro atoms. The van der Waals surface area contributed by atoms with Crippen LogP contribution >= 0.6 is 0 Å². The molecule has 182 valence electrons. The van der Waals surface area contributed by atoms with Crippen LogP contribution in [-0.4, -0.2) is 101 Å². The molecule has 0 bridgehead atoms. The zero-order valence-electron chi connectivity index (χ0n) is 21.1. The zero-order chi connectivity index (χ0) is 23.3. The number of carbonyl (C=O) groups excluding carboxylic acids is 2. The number of rotatable bonds is 17. The molecule has 0 aromatic carbocycles. The van der Waals surface area contributed by atoms with Gasteiger partial charge in [-0.1, -0.05) is 19.3 Å². The highest BCUT2D eigenvalue weighted by molar-refractivity contribution is 6.06. The van der Waals surface area contributed by atoms with E-state index in [9.17, 15) is 9.59 Å². The fourth-order valence-electron chi connectivity index (χ4n) is 3.94. The largest absolute Gasteiger partial charge is 0.355 e. The zero-order valence-corrected chi connectivity index (χ0v) is 21.1. The Labute approximate surface area is 191 Å². The number of amides is 2.